The van der Waals surface area contributed by atoms with E-state index in [1.165, 1.54) is 18.2 Å². The van der Waals surface area contributed by atoms with Crippen molar-refractivity contribution in [1.29, 1.82) is 0 Å². The Hall–Kier alpha value is -2.34. The van der Waals surface area contributed by atoms with Crippen molar-refractivity contribution in [1.82, 2.24) is 0 Å². The molecule has 0 radical (unpaired) electrons. The van der Waals surface area contributed by atoms with Gasteiger partial charge >= 0.3 is 5.97 Å². The number of para-hydroxylation sites is 1. The van der Waals surface area contributed by atoms with E-state index in [9.17, 15) is 14.0 Å². The highest BCUT2D eigenvalue weighted by molar-refractivity contribution is 8.00. The minimum Gasteiger partial charge on any atom is -0.448 e. The molecule has 0 bridgehead atoms. The average Bonchev–Trinajstić information content (AvgIpc) is 2.55. The standard InChI is InChI=1S/C19H18FNO3S/c1-11(2)25-17-6-4-3-5-15(17)21-18(22)16-10-12-9-13(20)7-8-14(12)19(23)24-16/h3-9,11,16H,10H2,1-2H3,(H,21,22). The maximum atomic E-state index is 13.4. The van der Waals surface area contributed by atoms with Gasteiger partial charge in [-0.05, 0) is 35.9 Å². The Labute approximate surface area is 149 Å². The molecule has 2 aromatic rings. The Bertz CT molecular complexity index is 822. The summed E-state index contributed by atoms with van der Waals surface area (Å²) in [5.74, 6) is -1.46. The molecule has 1 atom stereocenters. The van der Waals surface area contributed by atoms with Crippen LogP contribution >= 0.6 is 11.8 Å². The van der Waals surface area contributed by atoms with Crippen molar-refractivity contribution in [2.75, 3.05) is 5.32 Å². The van der Waals surface area contributed by atoms with Crippen LogP contribution < -0.4 is 5.32 Å². The number of fused-ring (bicyclic) bond motifs is 1. The van der Waals surface area contributed by atoms with Crippen molar-refractivity contribution in [3.05, 3.63) is 59.4 Å². The summed E-state index contributed by atoms with van der Waals surface area (Å²) in [6.45, 7) is 4.13. The summed E-state index contributed by atoms with van der Waals surface area (Å²) in [7, 11) is 0. The lowest BCUT2D eigenvalue weighted by Crippen LogP contribution is -2.38. The SMILES string of the molecule is CC(C)Sc1ccccc1NC(=O)C1Cc2cc(F)ccc2C(=O)O1. The maximum Gasteiger partial charge on any atom is 0.339 e. The first-order chi connectivity index (χ1) is 11.9. The van der Waals surface area contributed by atoms with Crippen molar-refractivity contribution in [3.8, 4) is 0 Å². The molecule has 3 rings (SSSR count). The third-order valence-electron chi connectivity index (χ3n) is 3.74. The van der Waals surface area contributed by atoms with E-state index in [1.54, 1.807) is 17.8 Å². The van der Waals surface area contributed by atoms with Crippen LogP contribution in [0.3, 0.4) is 0 Å². The molecule has 0 aromatic heterocycles. The molecular weight excluding hydrogens is 341 g/mol. The first-order valence-corrected chi connectivity index (χ1v) is 8.88. The minimum atomic E-state index is -0.973. The predicted octanol–water partition coefficient (Wildman–Crippen LogP) is 4.05. The van der Waals surface area contributed by atoms with Crippen molar-refractivity contribution < 1.29 is 18.7 Å². The Morgan fingerprint density at radius 2 is 2.04 bits per heavy atom. The molecule has 1 aliphatic heterocycles. The van der Waals surface area contributed by atoms with Crippen molar-refractivity contribution in [2.45, 2.75) is 36.5 Å². The Morgan fingerprint density at radius 1 is 1.28 bits per heavy atom. The number of rotatable bonds is 4. The number of ether oxygens (including phenoxy) is 1. The van der Waals surface area contributed by atoms with Gasteiger partial charge in [-0.3, -0.25) is 4.79 Å². The zero-order valence-corrected chi connectivity index (χ0v) is 14.7. The summed E-state index contributed by atoms with van der Waals surface area (Å²) in [5.41, 5.74) is 1.47. The Kier molecular flexibility index (Phi) is 5.08. The number of thioether (sulfide) groups is 1. The normalized spacial score (nSPS) is 16.3. The fourth-order valence-electron chi connectivity index (χ4n) is 2.65. The Balaban J connectivity index is 1.78. The summed E-state index contributed by atoms with van der Waals surface area (Å²) in [5, 5.41) is 3.18. The second-order valence-electron chi connectivity index (χ2n) is 6.05. The van der Waals surface area contributed by atoms with Gasteiger partial charge in [0.15, 0.2) is 6.10 Å². The van der Waals surface area contributed by atoms with Gasteiger partial charge in [0, 0.05) is 16.6 Å². The first kappa shape index (κ1) is 17.5. The molecule has 1 aliphatic rings. The fraction of sp³-hybridized carbons (Fsp3) is 0.263. The largest absolute Gasteiger partial charge is 0.448 e. The molecule has 1 amide bonds. The van der Waals surface area contributed by atoms with Crippen LogP contribution in [0.2, 0.25) is 0 Å². The molecule has 1 N–H and O–H groups in total. The zero-order valence-electron chi connectivity index (χ0n) is 13.9. The number of cyclic esters (lactones) is 1. The number of hydrogen-bond donors (Lipinski definition) is 1. The first-order valence-electron chi connectivity index (χ1n) is 8.00. The summed E-state index contributed by atoms with van der Waals surface area (Å²) >= 11 is 1.63. The van der Waals surface area contributed by atoms with E-state index in [1.807, 2.05) is 18.2 Å². The molecule has 25 heavy (non-hydrogen) atoms. The number of amides is 1. The van der Waals surface area contributed by atoms with Gasteiger partial charge in [-0.2, -0.15) is 0 Å². The summed E-state index contributed by atoms with van der Waals surface area (Å²) in [6, 6.07) is 11.3. The molecule has 0 fully saturated rings. The van der Waals surface area contributed by atoms with Crippen LogP contribution in [-0.2, 0) is 16.0 Å². The number of esters is 1. The van der Waals surface area contributed by atoms with Gasteiger partial charge in [0.05, 0.1) is 11.3 Å². The number of halogens is 1. The van der Waals surface area contributed by atoms with Gasteiger partial charge in [-0.25, -0.2) is 9.18 Å². The smallest absolute Gasteiger partial charge is 0.339 e. The van der Waals surface area contributed by atoms with E-state index in [0.29, 0.717) is 22.1 Å². The van der Waals surface area contributed by atoms with Crippen LogP contribution in [0.1, 0.15) is 29.8 Å². The van der Waals surface area contributed by atoms with Crippen LogP contribution in [-0.4, -0.2) is 23.2 Å². The number of hydrogen-bond acceptors (Lipinski definition) is 4. The topological polar surface area (TPSA) is 55.4 Å². The molecule has 1 heterocycles. The summed E-state index contributed by atoms with van der Waals surface area (Å²) < 4.78 is 18.6. The van der Waals surface area contributed by atoms with Crippen LogP contribution in [0.15, 0.2) is 47.4 Å². The molecule has 4 nitrogen and oxygen atoms in total. The number of carbonyl (C=O) groups excluding carboxylic acids is 2. The molecular formula is C19H18FNO3S. The highest BCUT2D eigenvalue weighted by Gasteiger charge is 2.31. The van der Waals surface area contributed by atoms with Crippen LogP contribution in [0.5, 0.6) is 0 Å². The highest BCUT2D eigenvalue weighted by atomic mass is 32.2. The molecule has 6 heteroatoms. The van der Waals surface area contributed by atoms with Gasteiger partial charge in [-0.15, -0.1) is 11.8 Å². The van der Waals surface area contributed by atoms with Crippen molar-refractivity contribution in [3.63, 3.8) is 0 Å². The zero-order chi connectivity index (χ0) is 18.0. The molecule has 0 saturated carbocycles. The van der Waals surface area contributed by atoms with E-state index in [-0.39, 0.29) is 6.42 Å². The monoisotopic (exact) mass is 359 g/mol. The fourth-order valence-corrected chi connectivity index (χ4v) is 3.56. The lowest BCUT2D eigenvalue weighted by Gasteiger charge is -2.24. The molecule has 0 spiro atoms. The van der Waals surface area contributed by atoms with Gasteiger partial charge in [0.25, 0.3) is 5.91 Å². The van der Waals surface area contributed by atoms with E-state index in [4.69, 9.17) is 4.74 Å². The Morgan fingerprint density at radius 3 is 2.80 bits per heavy atom. The number of nitrogens with one attached hydrogen (secondary N) is 1. The van der Waals surface area contributed by atoms with Gasteiger partial charge in [0.2, 0.25) is 0 Å². The quantitative estimate of drug-likeness (QED) is 0.661. The molecule has 130 valence electrons. The van der Waals surface area contributed by atoms with Gasteiger partial charge in [0.1, 0.15) is 5.82 Å². The molecule has 0 aliphatic carbocycles. The second-order valence-corrected chi connectivity index (χ2v) is 7.67. The molecule has 0 saturated heterocycles. The van der Waals surface area contributed by atoms with Crippen LogP contribution in [0, 0.1) is 5.82 Å². The van der Waals surface area contributed by atoms with Gasteiger partial charge in [-0.1, -0.05) is 26.0 Å². The lowest BCUT2D eigenvalue weighted by atomic mass is 9.98. The number of benzene rings is 2. The van der Waals surface area contributed by atoms with Gasteiger partial charge < -0.3 is 10.1 Å². The predicted molar refractivity (Wildman–Crippen MR) is 95.4 cm³/mol. The lowest BCUT2D eigenvalue weighted by molar-refractivity contribution is -0.125. The maximum absolute atomic E-state index is 13.4. The van der Waals surface area contributed by atoms with Crippen LogP contribution in [0.4, 0.5) is 10.1 Å². The second kappa shape index (κ2) is 7.27. The van der Waals surface area contributed by atoms with E-state index >= 15 is 0 Å². The third kappa shape index (κ3) is 4.02. The average molecular weight is 359 g/mol. The number of anilines is 1. The van der Waals surface area contributed by atoms with E-state index in [2.05, 4.69) is 19.2 Å². The molecule has 1 unspecified atom stereocenters. The highest BCUT2D eigenvalue weighted by Crippen LogP contribution is 2.31. The van der Waals surface area contributed by atoms with E-state index in [0.717, 1.165) is 4.90 Å². The van der Waals surface area contributed by atoms with Crippen molar-refractivity contribution in [2.24, 2.45) is 0 Å². The minimum absolute atomic E-state index is 0.157. The molecule has 2 aromatic carbocycles. The number of carbonyl (C=O) groups is 2. The third-order valence-corrected chi connectivity index (χ3v) is 4.82. The van der Waals surface area contributed by atoms with Crippen molar-refractivity contribution >= 4 is 29.3 Å². The summed E-state index contributed by atoms with van der Waals surface area (Å²) in [6.07, 6.45) is -0.816. The summed E-state index contributed by atoms with van der Waals surface area (Å²) in [4.78, 5) is 25.5. The van der Waals surface area contributed by atoms with Crippen LogP contribution in [0.25, 0.3) is 0 Å². The van der Waals surface area contributed by atoms with E-state index < -0.39 is 23.8 Å².